The van der Waals surface area contributed by atoms with Crippen LogP contribution in [-0.4, -0.2) is 20.7 Å². The minimum Gasteiger partial charge on any atom is -0.293 e. The van der Waals surface area contributed by atoms with Crippen LogP contribution in [0.25, 0.3) is 44.7 Å². The quantitative estimate of drug-likeness (QED) is 0.158. The molecule has 42 heavy (non-hydrogen) atoms. The normalized spacial score (nSPS) is 16.3. The van der Waals surface area contributed by atoms with Crippen molar-refractivity contribution in [2.45, 2.75) is 39.0 Å². The standard InChI is InChI=1S/C37H32N4O/c1-23(22-38)34(42)24(2)31-18-17-30-33(27-14-10-13-26(21-27)25-11-6-5-7-12-25)40-36(41-35(30)37(31,3)4)29-19-20-39-32-16-9-8-15-28(29)32/h5-16,19-21,24,31H,1,17-18H2,2-4H3/t24-,31-/m1/s1. The zero-order valence-electron chi connectivity index (χ0n) is 24.1. The highest BCUT2D eigenvalue weighted by molar-refractivity contribution is 6.00. The Morgan fingerprint density at radius 2 is 1.67 bits per heavy atom. The number of carbonyl (C=O) groups excluding carboxylic acids is 1. The second-order valence-corrected chi connectivity index (χ2v) is 11.7. The maximum absolute atomic E-state index is 13.1. The topological polar surface area (TPSA) is 79.5 Å². The van der Waals surface area contributed by atoms with Gasteiger partial charge < -0.3 is 0 Å². The number of benzene rings is 3. The van der Waals surface area contributed by atoms with Gasteiger partial charge in [0.05, 0.1) is 22.5 Å². The van der Waals surface area contributed by atoms with Crippen LogP contribution in [-0.2, 0) is 16.6 Å². The van der Waals surface area contributed by atoms with Crippen molar-refractivity contribution >= 4 is 16.7 Å². The lowest BCUT2D eigenvalue weighted by atomic mass is 9.62. The number of aromatic nitrogens is 3. The molecule has 1 aliphatic carbocycles. The molecule has 0 bridgehead atoms. The molecular weight excluding hydrogens is 516 g/mol. The summed E-state index contributed by atoms with van der Waals surface area (Å²) < 4.78 is 0. The molecule has 0 amide bonds. The summed E-state index contributed by atoms with van der Waals surface area (Å²) in [5, 5.41) is 10.3. The Morgan fingerprint density at radius 3 is 2.45 bits per heavy atom. The predicted octanol–water partition coefficient (Wildman–Crippen LogP) is 8.15. The van der Waals surface area contributed by atoms with Gasteiger partial charge in [0.2, 0.25) is 0 Å². The maximum atomic E-state index is 13.1. The minimum absolute atomic E-state index is 0.00847. The highest BCUT2D eigenvalue weighted by Crippen LogP contribution is 2.47. The van der Waals surface area contributed by atoms with Gasteiger partial charge in [-0.3, -0.25) is 9.78 Å². The molecule has 2 heterocycles. The van der Waals surface area contributed by atoms with Gasteiger partial charge in [0, 0.05) is 39.6 Å². The largest absolute Gasteiger partial charge is 0.293 e. The highest BCUT2D eigenvalue weighted by atomic mass is 16.1. The van der Waals surface area contributed by atoms with Gasteiger partial charge in [0.15, 0.2) is 11.6 Å². The summed E-state index contributed by atoms with van der Waals surface area (Å²) in [7, 11) is 0. The van der Waals surface area contributed by atoms with Crippen LogP contribution in [0.4, 0.5) is 0 Å². The number of nitriles is 1. The molecule has 0 radical (unpaired) electrons. The van der Waals surface area contributed by atoms with Crippen LogP contribution in [0.15, 0.2) is 103 Å². The minimum atomic E-state index is -0.454. The van der Waals surface area contributed by atoms with Crippen LogP contribution in [0.3, 0.4) is 0 Å². The lowest BCUT2D eigenvalue weighted by Crippen LogP contribution is -2.42. The van der Waals surface area contributed by atoms with Crippen molar-refractivity contribution in [2.24, 2.45) is 11.8 Å². The lowest BCUT2D eigenvalue weighted by molar-refractivity contribution is -0.120. The number of carbonyl (C=O) groups is 1. The van der Waals surface area contributed by atoms with E-state index >= 15 is 0 Å². The Balaban J connectivity index is 1.57. The zero-order valence-corrected chi connectivity index (χ0v) is 24.1. The second kappa shape index (κ2) is 10.8. The zero-order chi connectivity index (χ0) is 29.4. The third-order valence-corrected chi connectivity index (χ3v) is 8.83. The van der Waals surface area contributed by atoms with Crippen molar-refractivity contribution in [3.05, 3.63) is 115 Å². The number of ketones is 1. The molecule has 0 fully saturated rings. The van der Waals surface area contributed by atoms with E-state index in [4.69, 9.17) is 9.97 Å². The summed E-state index contributed by atoms with van der Waals surface area (Å²) in [5.41, 5.74) is 7.64. The molecule has 0 spiro atoms. The van der Waals surface area contributed by atoms with Crippen LogP contribution in [0.5, 0.6) is 0 Å². The number of hydrogen-bond donors (Lipinski definition) is 0. The predicted molar refractivity (Wildman–Crippen MR) is 167 cm³/mol. The molecule has 6 rings (SSSR count). The summed E-state index contributed by atoms with van der Waals surface area (Å²) in [5.74, 6) is 0.0826. The second-order valence-electron chi connectivity index (χ2n) is 11.7. The molecule has 2 aromatic heterocycles. The molecule has 0 aliphatic heterocycles. The Kier molecular flexibility index (Phi) is 7.00. The van der Waals surface area contributed by atoms with Crippen LogP contribution in [0, 0.1) is 23.2 Å². The van der Waals surface area contributed by atoms with Gasteiger partial charge in [-0.1, -0.05) is 94.1 Å². The van der Waals surface area contributed by atoms with E-state index < -0.39 is 5.41 Å². The number of fused-ring (bicyclic) bond motifs is 2. The van der Waals surface area contributed by atoms with Crippen molar-refractivity contribution in [3.8, 4) is 39.8 Å². The van der Waals surface area contributed by atoms with E-state index in [-0.39, 0.29) is 23.2 Å². The number of nitrogens with zero attached hydrogens (tertiary/aromatic N) is 4. The van der Waals surface area contributed by atoms with E-state index in [0.29, 0.717) is 5.82 Å². The molecule has 5 nitrogen and oxygen atoms in total. The fourth-order valence-corrected chi connectivity index (χ4v) is 6.60. The summed E-state index contributed by atoms with van der Waals surface area (Å²) in [6, 6.07) is 30.8. The van der Waals surface area contributed by atoms with Gasteiger partial charge in [-0.25, -0.2) is 9.97 Å². The Morgan fingerprint density at radius 1 is 0.952 bits per heavy atom. The van der Waals surface area contributed by atoms with Crippen molar-refractivity contribution in [3.63, 3.8) is 0 Å². The number of Topliss-reactive ketones (excluding diaryl/α,β-unsaturated/α-hetero) is 1. The lowest BCUT2D eigenvalue weighted by Gasteiger charge is -2.42. The summed E-state index contributed by atoms with van der Waals surface area (Å²) in [6.45, 7) is 9.96. The van der Waals surface area contributed by atoms with Gasteiger partial charge in [-0.05, 0) is 48.1 Å². The van der Waals surface area contributed by atoms with Crippen molar-refractivity contribution in [1.29, 1.82) is 5.26 Å². The van der Waals surface area contributed by atoms with Crippen LogP contribution >= 0.6 is 0 Å². The molecule has 3 aromatic carbocycles. The fourth-order valence-electron chi connectivity index (χ4n) is 6.60. The van der Waals surface area contributed by atoms with E-state index in [1.807, 2.05) is 55.5 Å². The van der Waals surface area contributed by atoms with Crippen molar-refractivity contribution in [1.82, 2.24) is 15.0 Å². The Labute approximate surface area is 246 Å². The molecule has 2 atom stereocenters. The third-order valence-electron chi connectivity index (χ3n) is 8.83. The molecule has 0 saturated heterocycles. The fraction of sp³-hybridized carbons (Fsp3) is 0.216. The number of para-hydroxylation sites is 1. The molecule has 0 unspecified atom stereocenters. The monoisotopic (exact) mass is 548 g/mol. The first-order valence-corrected chi connectivity index (χ1v) is 14.3. The van der Waals surface area contributed by atoms with E-state index in [9.17, 15) is 10.1 Å². The van der Waals surface area contributed by atoms with E-state index in [1.165, 1.54) is 0 Å². The molecule has 1 aliphatic rings. The highest BCUT2D eigenvalue weighted by Gasteiger charge is 2.44. The van der Waals surface area contributed by atoms with Gasteiger partial charge in [-0.15, -0.1) is 0 Å². The summed E-state index contributed by atoms with van der Waals surface area (Å²) >= 11 is 0. The van der Waals surface area contributed by atoms with E-state index in [2.05, 4.69) is 67.9 Å². The third kappa shape index (κ3) is 4.69. The van der Waals surface area contributed by atoms with Crippen molar-refractivity contribution in [2.75, 3.05) is 0 Å². The molecule has 206 valence electrons. The van der Waals surface area contributed by atoms with E-state index in [1.54, 1.807) is 6.20 Å². The van der Waals surface area contributed by atoms with Gasteiger partial charge >= 0.3 is 0 Å². The first kappa shape index (κ1) is 27.2. The van der Waals surface area contributed by atoms with Gasteiger partial charge in [0.1, 0.15) is 6.07 Å². The molecular formula is C37H32N4O. The molecule has 5 heteroatoms. The molecule has 0 saturated carbocycles. The Hall–Kier alpha value is -4.95. The Bertz CT molecular complexity index is 1880. The summed E-state index contributed by atoms with van der Waals surface area (Å²) in [6.07, 6.45) is 3.33. The maximum Gasteiger partial charge on any atom is 0.175 e. The SMILES string of the molecule is C=C(C#N)C(=O)[C@H](C)[C@H]1CCc2c(-c3cccc(-c4ccccc4)c3)nc(-c3ccnc4ccccc34)nc2C1(C)C. The van der Waals surface area contributed by atoms with E-state index in [0.717, 1.165) is 62.9 Å². The first-order valence-electron chi connectivity index (χ1n) is 14.3. The first-order chi connectivity index (χ1) is 20.3. The van der Waals surface area contributed by atoms with Crippen LogP contribution in [0.1, 0.15) is 38.4 Å². The number of pyridine rings is 1. The van der Waals surface area contributed by atoms with Gasteiger partial charge in [-0.2, -0.15) is 5.26 Å². The molecule has 0 N–H and O–H groups in total. The average molecular weight is 549 g/mol. The number of allylic oxidation sites excluding steroid dienone is 1. The summed E-state index contributed by atoms with van der Waals surface area (Å²) in [4.78, 5) is 28.2. The smallest absolute Gasteiger partial charge is 0.175 e. The van der Waals surface area contributed by atoms with Gasteiger partial charge in [0.25, 0.3) is 0 Å². The van der Waals surface area contributed by atoms with Crippen LogP contribution in [0.2, 0.25) is 0 Å². The number of hydrogen-bond acceptors (Lipinski definition) is 5. The van der Waals surface area contributed by atoms with Crippen molar-refractivity contribution < 1.29 is 4.79 Å². The molecule has 5 aromatic rings. The van der Waals surface area contributed by atoms with Crippen LogP contribution < -0.4 is 0 Å². The average Bonchev–Trinajstić information content (AvgIpc) is 3.03. The number of rotatable bonds is 6.